The molecule has 2 N–H and O–H groups in total. The van der Waals surface area contributed by atoms with E-state index >= 15 is 0 Å². The van der Waals surface area contributed by atoms with Crippen LogP contribution in [0.5, 0.6) is 0 Å². The maximum absolute atomic E-state index is 12.7. The third-order valence-corrected chi connectivity index (χ3v) is 2.99. The fourth-order valence-electron chi connectivity index (χ4n) is 2.01. The van der Waals surface area contributed by atoms with Gasteiger partial charge in [0.1, 0.15) is 5.82 Å². The number of rotatable bonds is 2. The smallest absolute Gasteiger partial charge is 0.241 e. The van der Waals surface area contributed by atoms with Crippen molar-refractivity contribution >= 4 is 11.6 Å². The van der Waals surface area contributed by atoms with Crippen molar-refractivity contribution in [3.8, 4) is 0 Å². The molecule has 0 spiro atoms. The number of hydrogen-bond acceptors (Lipinski definition) is 2. The van der Waals surface area contributed by atoms with Crippen LogP contribution in [0, 0.1) is 5.82 Å². The Morgan fingerprint density at radius 2 is 2.00 bits per heavy atom. The number of anilines is 1. The molecule has 3 nitrogen and oxygen atoms in total. The Morgan fingerprint density at radius 3 is 2.76 bits per heavy atom. The average Bonchev–Trinajstić information content (AvgIpc) is 2.61. The van der Waals surface area contributed by atoms with E-state index in [1.165, 1.54) is 18.6 Å². The van der Waals surface area contributed by atoms with E-state index in [4.69, 9.17) is 0 Å². The Labute approximate surface area is 100 Å². The summed E-state index contributed by atoms with van der Waals surface area (Å²) in [6.07, 6.45) is 4.25. The van der Waals surface area contributed by atoms with Gasteiger partial charge in [-0.05, 0) is 43.7 Å². The monoisotopic (exact) mass is 236 g/mol. The van der Waals surface area contributed by atoms with E-state index in [0.717, 1.165) is 25.8 Å². The Balaban J connectivity index is 1.93. The lowest BCUT2D eigenvalue weighted by atomic mass is 10.1. The molecule has 1 fully saturated rings. The first-order valence-electron chi connectivity index (χ1n) is 6.05. The molecule has 0 aliphatic carbocycles. The summed E-state index contributed by atoms with van der Waals surface area (Å²) in [4.78, 5) is 11.9. The van der Waals surface area contributed by atoms with E-state index in [1.54, 1.807) is 12.1 Å². The quantitative estimate of drug-likeness (QED) is 0.827. The Hall–Kier alpha value is -1.42. The van der Waals surface area contributed by atoms with Crippen molar-refractivity contribution in [2.24, 2.45) is 0 Å². The van der Waals surface area contributed by atoms with Crippen LogP contribution in [0.15, 0.2) is 24.3 Å². The van der Waals surface area contributed by atoms with Gasteiger partial charge in [0.05, 0.1) is 6.04 Å². The topological polar surface area (TPSA) is 41.1 Å². The molecule has 17 heavy (non-hydrogen) atoms. The second-order valence-corrected chi connectivity index (χ2v) is 4.35. The van der Waals surface area contributed by atoms with Gasteiger partial charge in [-0.25, -0.2) is 4.39 Å². The van der Waals surface area contributed by atoms with Gasteiger partial charge in [0.2, 0.25) is 5.91 Å². The number of benzene rings is 1. The molecule has 1 aliphatic rings. The summed E-state index contributed by atoms with van der Waals surface area (Å²) in [5, 5.41) is 6.03. The Bertz CT molecular complexity index is 370. The molecular weight excluding hydrogens is 219 g/mol. The minimum Gasteiger partial charge on any atom is -0.325 e. The summed E-state index contributed by atoms with van der Waals surface area (Å²) in [5.41, 5.74) is 0.641. The van der Waals surface area contributed by atoms with Crippen molar-refractivity contribution < 1.29 is 9.18 Å². The van der Waals surface area contributed by atoms with Gasteiger partial charge in [-0.1, -0.05) is 12.8 Å². The van der Waals surface area contributed by atoms with Crippen molar-refractivity contribution in [2.45, 2.75) is 31.7 Å². The van der Waals surface area contributed by atoms with Crippen LogP contribution >= 0.6 is 0 Å². The summed E-state index contributed by atoms with van der Waals surface area (Å²) in [5.74, 6) is -0.325. The van der Waals surface area contributed by atoms with Crippen LogP contribution in [0.1, 0.15) is 25.7 Å². The SMILES string of the molecule is O=C(Nc1ccc(F)cc1)C1CCCCCN1. The van der Waals surface area contributed by atoms with E-state index < -0.39 is 0 Å². The number of nitrogens with one attached hydrogen (secondary N) is 2. The molecular formula is C13H17FN2O. The normalized spacial score (nSPS) is 20.6. The van der Waals surface area contributed by atoms with Gasteiger partial charge in [-0.2, -0.15) is 0 Å². The van der Waals surface area contributed by atoms with Crippen LogP contribution in [-0.4, -0.2) is 18.5 Å². The molecule has 4 heteroatoms. The van der Waals surface area contributed by atoms with Gasteiger partial charge in [0.25, 0.3) is 0 Å². The zero-order chi connectivity index (χ0) is 12.1. The Morgan fingerprint density at radius 1 is 1.24 bits per heavy atom. The molecule has 1 aliphatic heterocycles. The van der Waals surface area contributed by atoms with Gasteiger partial charge < -0.3 is 10.6 Å². The molecule has 0 bridgehead atoms. The van der Waals surface area contributed by atoms with E-state index in [0.29, 0.717) is 5.69 Å². The van der Waals surface area contributed by atoms with Crippen LogP contribution in [0.25, 0.3) is 0 Å². The van der Waals surface area contributed by atoms with E-state index in [1.807, 2.05) is 0 Å². The lowest BCUT2D eigenvalue weighted by molar-refractivity contribution is -0.118. The van der Waals surface area contributed by atoms with E-state index in [-0.39, 0.29) is 17.8 Å². The highest BCUT2D eigenvalue weighted by atomic mass is 19.1. The standard InChI is InChI=1S/C13H17FN2O/c14-10-5-7-11(8-6-10)16-13(17)12-4-2-1-3-9-15-12/h5-8,12,15H,1-4,9H2,(H,16,17). The van der Waals surface area contributed by atoms with Gasteiger partial charge in [-0.15, -0.1) is 0 Å². The molecule has 0 saturated carbocycles. The van der Waals surface area contributed by atoms with Gasteiger partial charge in [0.15, 0.2) is 0 Å². The summed E-state index contributed by atoms with van der Waals surface area (Å²) >= 11 is 0. The number of hydrogen-bond donors (Lipinski definition) is 2. The third-order valence-electron chi connectivity index (χ3n) is 2.99. The third kappa shape index (κ3) is 3.53. The largest absolute Gasteiger partial charge is 0.325 e. The van der Waals surface area contributed by atoms with Crippen molar-refractivity contribution in [3.63, 3.8) is 0 Å². The molecule has 2 rings (SSSR count). The Kier molecular flexibility index (Phi) is 4.09. The zero-order valence-corrected chi connectivity index (χ0v) is 9.71. The van der Waals surface area contributed by atoms with Crippen molar-refractivity contribution in [1.29, 1.82) is 0 Å². The van der Waals surface area contributed by atoms with Gasteiger partial charge in [-0.3, -0.25) is 4.79 Å². The molecule has 0 radical (unpaired) electrons. The minimum absolute atomic E-state index is 0.0292. The molecule has 92 valence electrons. The van der Waals surface area contributed by atoms with E-state index in [2.05, 4.69) is 10.6 Å². The second-order valence-electron chi connectivity index (χ2n) is 4.35. The number of halogens is 1. The molecule has 1 saturated heterocycles. The molecule has 1 amide bonds. The highest BCUT2D eigenvalue weighted by molar-refractivity contribution is 5.94. The predicted molar refractivity (Wildman–Crippen MR) is 65.3 cm³/mol. The van der Waals surface area contributed by atoms with Crippen LogP contribution in [-0.2, 0) is 4.79 Å². The molecule has 1 heterocycles. The first-order chi connectivity index (χ1) is 8.25. The van der Waals surface area contributed by atoms with Crippen molar-refractivity contribution in [1.82, 2.24) is 5.32 Å². The van der Waals surface area contributed by atoms with E-state index in [9.17, 15) is 9.18 Å². The first-order valence-corrected chi connectivity index (χ1v) is 6.05. The van der Waals surface area contributed by atoms with Crippen LogP contribution in [0.2, 0.25) is 0 Å². The number of amides is 1. The lowest BCUT2D eigenvalue weighted by Crippen LogP contribution is -2.39. The molecule has 1 atom stereocenters. The van der Waals surface area contributed by atoms with Crippen molar-refractivity contribution in [2.75, 3.05) is 11.9 Å². The maximum Gasteiger partial charge on any atom is 0.241 e. The molecule has 1 aromatic rings. The predicted octanol–water partition coefficient (Wildman–Crippen LogP) is 2.30. The highest BCUT2D eigenvalue weighted by Crippen LogP contribution is 2.12. The fourth-order valence-corrected chi connectivity index (χ4v) is 2.01. The summed E-state index contributed by atoms with van der Waals surface area (Å²) < 4.78 is 12.7. The molecule has 0 aromatic heterocycles. The highest BCUT2D eigenvalue weighted by Gasteiger charge is 2.19. The number of carbonyl (C=O) groups is 1. The van der Waals surface area contributed by atoms with Gasteiger partial charge >= 0.3 is 0 Å². The zero-order valence-electron chi connectivity index (χ0n) is 9.71. The average molecular weight is 236 g/mol. The molecule has 1 aromatic carbocycles. The fraction of sp³-hybridized carbons (Fsp3) is 0.462. The summed E-state index contributed by atoms with van der Waals surface area (Å²) in [7, 11) is 0. The molecule has 1 unspecified atom stereocenters. The first kappa shape index (κ1) is 12.0. The van der Waals surface area contributed by atoms with Crippen LogP contribution in [0.3, 0.4) is 0 Å². The summed E-state index contributed by atoms with van der Waals surface area (Å²) in [6, 6.07) is 5.71. The maximum atomic E-state index is 12.7. The van der Waals surface area contributed by atoms with Gasteiger partial charge in [0, 0.05) is 5.69 Å². The van der Waals surface area contributed by atoms with Crippen molar-refractivity contribution in [3.05, 3.63) is 30.1 Å². The minimum atomic E-state index is -0.296. The summed E-state index contributed by atoms with van der Waals surface area (Å²) in [6.45, 7) is 0.890. The lowest BCUT2D eigenvalue weighted by Gasteiger charge is -2.15. The van der Waals surface area contributed by atoms with Crippen LogP contribution in [0.4, 0.5) is 10.1 Å². The number of carbonyl (C=O) groups excluding carboxylic acids is 1. The van der Waals surface area contributed by atoms with Crippen LogP contribution < -0.4 is 10.6 Å². The second kappa shape index (κ2) is 5.77.